The largest absolute Gasteiger partial charge is 0.358 e. The molecule has 2 N–H and O–H groups in total. The van der Waals surface area contributed by atoms with Crippen LogP contribution < -0.4 is 10.6 Å². The van der Waals surface area contributed by atoms with E-state index >= 15 is 0 Å². The summed E-state index contributed by atoms with van der Waals surface area (Å²) >= 11 is 9.31. The van der Waals surface area contributed by atoms with Crippen molar-refractivity contribution >= 4 is 33.3 Å². The minimum absolute atomic E-state index is 0.0650. The van der Waals surface area contributed by atoms with Gasteiger partial charge < -0.3 is 10.6 Å². The van der Waals surface area contributed by atoms with Gasteiger partial charge in [-0.25, -0.2) is 4.98 Å². The van der Waals surface area contributed by atoms with Crippen LogP contribution in [-0.4, -0.2) is 25.1 Å². The molecular weight excluding hydrogens is 289 g/mol. The van der Waals surface area contributed by atoms with Gasteiger partial charge in [-0.05, 0) is 34.0 Å². The van der Waals surface area contributed by atoms with Crippen LogP contribution in [0.15, 0.2) is 16.7 Å². The van der Waals surface area contributed by atoms with E-state index in [2.05, 4.69) is 39.7 Å². The highest BCUT2D eigenvalue weighted by Gasteiger charge is 2.20. The van der Waals surface area contributed by atoms with Crippen LogP contribution in [-0.2, 0) is 0 Å². The van der Waals surface area contributed by atoms with Crippen LogP contribution in [0, 0.1) is 5.41 Å². The molecule has 1 aromatic rings. The minimum atomic E-state index is 0.0650. The summed E-state index contributed by atoms with van der Waals surface area (Å²) in [5, 5.41) is 0.627. The fraction of sp³-hybridized carbons (Fsp3) is 0.545. The molecule has 0 saturated heterocycles. The number of pyridine rings is 1. The number of anilines is 1. The summed E-state index contributed by atoms with van der Waals surface area (Å²) in [7, 11) is 2.00. The van der Waals surface area contributed by atoms with Gasteiger partial charge >= 0.3 is 0 Å². The lowest BCUT2D eigenvalue weighted by atomic mass is 9.93. The topological polar surface area (TPSA) is 42.1 Å². The fourth-order valence-electron chi connectivity index (χ4n) is 1.47. The molecule has 16 heavy (non-hydrogen) atoms. The summed E-state index contributed by atoms with van der Waals surface area (Å²) in [6, 6.07) is 1.84. The Kier molecular flexibility index (Phi) is 4.59. The van der Waals surface area contributed by atoms with Crippen LogP contribution in [0.2, 0.25) is 5.02 Å². The summed E-state index contributed by atoms with van der Waals surface area (Å²) in [5.74, 6) is 0.880. The number of nitrogens with zero attached hydrogens (tertiary/aromatic N) is 2. The van der Waals surface area contributed by atoms with Crippen LogP contribution in [0.4, 0.5) is 5.82 Å². The number of hydrogen-bond donors (Lipinski definition) is 1. The Morgan fingerprint density at radius 3 is 2.69 bits per heavy atom. The molecule has 0 fully saturated rings. The molecule has 1 heterocycles. The van der Waals surface area contributed by atoms with Gasteiger partial charge in [-0.1, -0.05) is 25.4 Å². The summed E-state index contributed by atoms with van der Waals surface area (Å²) in [6.07, 6.45) is 1.65. The van der Waals surface area contributed by atoms with Gasteiger partial charge in [0.15, 0.2) is 0 Å². The number of hydrogen-bond acceptors (Lipinski definition) is 3. The van der Waals surface area contributed by atoms with Crippen molar-refractivity contribution < 1.29 is 0 Å². The molecule has 0 aromatic carbocycles. The molecule has 0 aliphatic heterocycles. The van der Waals surface area contributed by atoms with E-state index in [1.54, 1.807) is 6.20 Å². The highest BCUT2D eigenvalue weighted by Crippen LogP contribution is 2.27. The van der Waals surface area contributed by atoms with Gasteiger partial charge in [0, 0.05) is 19.8 Å². The van der Waals surface area contributed by atoms with Gasteiger partial charge in [-0.3, -0.25) is 0 Å². The SMILES string of the molecule is CN(CC(C)(C)CN)c1ncc(Cl)cc1Br. The lowest BCUT2D eigenvalue weighted by Gasteiger charge is -2.30. The standard InChI is InChI=1S/C11H17BrClN3/c1-11(2,6-14)7-16(3)10-9(12)4-8(13)5-15-10/h4-5H,6-7,14H2,1-3H3. The lowest BCUT2D eigenvalue weighted by molar-refractivity contribution is 0.384. The quantitative estimate of drug-likeness (QED) is 0.930. The van der Waals surface area contributed by atoms with E-state index in [1.165, 1.54) is 0 Å². The molecule has 0 saturated carbocycles. The van der Waals surface area contributed by atoms with Crippen molar-refractivity contribution in [2.75, 3.05) is 25.0 Å². The van der Waals surface area contributed by atoms with Crippen molar-refractivity contribution in [3.05, 3.63) is 21.8 Å². The third kappa shape index (κ3) is 3.61. The maximum Gasteiger partial charge on any atom is 0.142 e. The molecule has 0 amide bonds. The summed E-state index contributed by atoms with van der Waals surface area (Å²) < 4.78 is 0.898. The Bertz CT molecular complexity index is 368. The number of aromatic nitrogens is 1. The highest BCUT2D eigenvalue weighted by atomic mass is 79.9. The third-order valence-corrected chi connectivity index (χ3v) is 3.16. The van der Waals surface area contributed by atoms with Crippen LogP contribution in [0.3, 0.4) is 0 Å². The Morgan fingerprint density at radius 2 is 2.19 bits per heavy atom. The molecule has 0 aliphatic carbocycles. The molecule has 5 heteroatoms. The molecule has 3 nitrogen and oxygen atoms in total. The first-order valence-corrected chi connectivity index (χ1v) is 6.25. The van der Waals surface area contributed by atoms with Gasteiger partial charge in [0.2, 0.25) is 0 Å². The van der Waals surface area contributed by atoms with Gasteiger partial charge in [0.1, 0.15) is 5.82 Å². The van der Waals surface area contributed by atoms with Gasteiger partial charge in [-0.2, -0.15) is 0 Å². The van der Waals surface area contributed by atoms with Crippen LogP contribution >= 0.6 is 27.5 Å². The Morgan fingerprint density at radius 1 is 1.56 bits per heavy atom. The molecular formula is C11H17BrClN3. The van der Waals surface area contributed by atoms with Crippen molar-refractivity contribution in [2.45, 2.75) is 13.8 Å². The van der Waals surface area contributed by atoms with Crippen molar-refractivity contribution in [1.29, 1.82) is 0 Å². The van der Waals surface area contributed by atoms with Crippen LogP contribution in [0.5, 0.6) is 0 Å². The second kappa shape index (κ2) is 5.34. The predicted molar refractivity (Wildman–Crippen MR) is 73.1 cm³/mol. The Hall–Kier alpha value is -0.320. The van der Waals surface area contributed by atoms with Crippen molar-refractivity contribution in [3.8, 4) is 0 Å². The highest BCUT2D eigenvalue weighted by molar-refractivity contribution is 9.10. The zero-order valence-corrected chi connectivity index (χ0v) is 12.1. The summed E-state index contributed by atoms with van der Waals surface area (Å²) in [6.45, 7) is 5.75. The molecule has 1 rings (SSSR count). The normalized spacial score (nSPS) is 11.6. The number of rotatable bonds is 4. The summed E-state index contributed by atoms with van der Waals surface area (Å²) in [5.41, 5.74) is 5.78. The van der Waals surface area contributed by atoms with E-state index in [4.69, 9.17) is 17.3 Å². The smallest absolute Gasteiger partial charge is 0.142 e. The minimum Gasteiger partial charge on any atom is -0.358 e. The molecule has 0 bridgehead atoms. The first-order chi connectivity index (χ1) is 7.35. The summed E-state index contributed by atoms with van der Waals surface area (Å²) in [4.78, 5) is 6.38. The maximum atomic E-state index is 5.85. The molecule has 90 valence electrons. The van der Waals surface area contributed by atoms with E-state index < -0.39 is 0 Å². The first kappa shape index (κ1) is 13.7. The van der Waals surface area contributed by atoms with Crippen LogP contribution in [0.25, 0.3) is 0 Å². The van der Waals surface area contributed by atoms with Gasteiger partial charge in [0.25, 0.3) is 0 Å². The molecule has 0 radical (unpaired) electrons. The Balaban J connectivity index is 2.84. The fourth-order valence-corrected chi connectivity index (χ4v) is 2.41. The molecule has 0 atom stereocenters. The van der Waals surface area contributed by atoms with E-state index in [0.29, 0.717) is 11.6 Å². The van der Waals surface area contributed by atoms with Crippen molar-refractivity contribution in [1.82, 2.24) is 4.98 Å². The van der Waals surface area contributed by atoms with Gasteiger partial charge in [0.05, 0.1) is 9.50 Å². The predicted octanol–water partition coefficient (Wildman–Crippen LogP) is 2.92. The molecule has 0 spiro atoms. The number of nitrogens with two attached hydrogens (primary N) is 1. The van der Waals surface area contributed by atoms with Crippen molar-refractivity contribution in [3.63, 3.8) is 0 Å². The third-order valence-electron chi connectivity index (χ3n) is 2.37. The monoisotopic (exact) mass is 305 g/mol. The van der Waals surface area contributed by atoms with Crippen molar-refractivity contribution in [2.24, 2.45) is 11.1 Å². The lowest BCUT2D eigenvalue weighted by Crippen LogP contribution is -2.37. The van der Waals surface area contributed by atoms with Crippen LogP contribution in [0.1, 0.15) is 13.8 Å². The second-order valence-corrected chi connectivity index (χ2v) is 5.97. The zero-order valence-electron chi connectivity index (χ0n) is 9.80. The Labute approximate surface area is 110 Å². The van der Waals surface area contributed by atoms with Gasteiger partial charge in [-0.15, -0.1) is 0 Å². The zero-order chi connectivity index (χ0) is 12.3. The van der Waals surface area contributed by atoms with E-state index in [0.717, 1.165) is 16.8 Å². The van der Waals surface area contributed by atoms with E-state index in [9.17, 15) is 0 Å². The average Bonchev–Trinajstić information content (AvgIpc) is 2.16. The van der Waals surface area contributed by atoms with E-state index in [1.807, 2.05) is 13.1 Å². The first-order valence-electron chi connectivity index (χ1n) is 5.08. The molecule has 1 aromatic heterocycles. The van der Waals surface area contributed by atoms with E-state index in [-0.39, 0.29) is 5.41 Å². The second-order valence-electron chi connectivity index (χ2n) is 4.68. The molecule has 0 unspecified atom stereocenters. The average molecular weight is 307 g/mol. The maximum absolute atomic E-state index is 5.85. The molecule has 0 aliphatic rings. The number of halogens is 2.